The van der Waals surface area contributed by atoms with Crippen LogP contribution in [0.2, 0.25) is 0 Å². The number of aliphatic hydroxyl groups is 7. The molecule has 3 heterocycles. The number of hydrogen-bond acceptors (Lipinski definition) is 16. The fourth-order valence-electron chi connectivity index (χ4n) is 4.94. The summed E-state index contributed by atoms with van der Waals surface area (Å²) in [6, 6.07) is 6.03. The van der Waals surface area contributed by atoms with Crippen LogP contribution >= 0.6 is 0 Å². The molecule has 2 aliphatic heterocycles. The Hall–Kier alpha value is -3.71. The number of aromatic hydroxyl groups is 2. The van der Waals surface area contributed by atoms with Crippen molar-refractivity contribution < 1.29 is 74.1 Å². The Morgan fingerprint density at radius 2 is 1.45 bits per heavy atom. The number of phenols is 2. The lowest BCUT2D eigenvalue weighted by molar-refractivity contribution is -0.277. The molecule has 10 atom stereocenters. The SMILES string of the molecule is COc1cc(O)c2c(=O)c(O[C@@H]3O[C@H](CO)[C@@H](O)[C@@H](O)[C@H]3O)c(-c3ccc(O)c(O[C@@H]4O[C@@H](C)[C@H](O)[C@H](O)[C@H]4O)c3)oc2c1. The van der Waals surface area contributed by atoms with Gasteiger partial charge in [-0.15, -0.1) is 0 Å². The lowest BCUT2D eigenvalue weighted by Gasteiger charge is -2.39. The summed E-state index contributed by atoms with van der Waals surface area (Å²) in [5, 5.41) is 91.8. The first-order chi connectivity index (χ1) is 20.9. The average molecular weight is 625 g/mol. The number of ether oxygens (including phenoxy) is 5. The first-order valence-corrected chi connectivity index (χ1v) is 13.4. The zero-order valence-corrected chi connectivity index (χ0v) is 23.3. The summed E-state index contributed by atoms with van der Waals surface area (Å²) in [5.74, 6) is -2.22. The molecule has 2 aromatic carbocycles. The Morgan fingerprint density at radius 1 is 0.795 bits per heavy atom. The van der Waals surface area contributed by atoms with Crippen LogP contribution in [0.25, 0.3) is 22.3 Å². The quantitative estimate of drug-likeness (QED) is 0.141. The van der Waals surface area contributed by atoms with E-state index in [9.17, 15) is 50.8 Å². The van der Waals surface area contributed by atoms with Crippen molar-refractivity contribution in [2.24, 2.45) is 0 Å². The minimum absolute atomic E-state index is 0.00219. The van der Waals surface area contributed by atoms with Gasteiger partial charge in [-0.3, -0.25) is 4.79 Å². The van der Waals surface area contributed by atoms with Gasteiger partial charge in [0, 0.05) is 17.7 Å². The molecule has 0 radical (unpaired) electrons. The van der Waals surface area contributed by atoms with Gasteiger partial charge in [-0.2, -0.15) is 0 Å². The molecule has 0 aliphatic carbocycles. The van der Waals surface area contributed by atoms with Crippen LogP contribution in [-0.2, 0) is 9.47 Å². The van der Waals surface area contributed by atoms with Crippen LogP contribution in [0.1, 0.15) is 6.92 Å². The summed E-state index contributed by atoms with van der Waals surface area (Å²) in [6.07, 6.45) is -15.9. The van der Waals surface area contributed by atoms with E-state index in [0.29, 0.717) is 0 Å². The van der Waals surface area contributed by atoms with Crippen molar-refractivity contribution in [3.8, 4) is 40.1 Å². The third-order valence-electron chi connectivity index (χ3n) is 7.50. The Kier molecular flexibility index (Phi) is 8.90. The zero-order valence-electron chi connectivity index (χ0n) is 23.3. The van der Waals surface area contributed by atoms with Gasteiger partial charge in [0.05, 0.1) is 19.8 Å². The van der Waals surface area contributed by atoms with Gasteiger partial charge >= 0.3 is 0 Å². The normalized spacial score (nSPS) is 32.4. The topological polar surface area (TPSA) is 258 Å². The lowest BCUT2D eigenvalue weighted by atomic mass is 9.99. The molecule has 1 aromatic heterocycles. The highest BCUT2D eigenvalue weighted by Crippen LogP contribution is 2.40. The molecule has 0 saturated carbocycles. The molecule has 9 N–H and O–H groups in total. The Labute approximate surface area is 248 Å². The Morgan fingerprint density at radius 3 is 2.11 bits per heavy atom. The van der Waals surface area contributed by atoms with E-state index in [1.807, 2.05) is 0 Å². The summed E-state index contributed by atoms with van der Waals surface area (Å²) in [6.45, 7) is 0.658. The second kappa shape index (κ2) is 12.4. The highest BCUT2D eigenvalue weighted by molar-refractivity contribution is 5.88. The monoisotopic (exact) mass is 624 g/mol. The van der Waals surface area contributed by atoms with Gasteiger partial charge in [0.1, 0.15) is 65.2 Å². The van der Waals surface area contributed by atoms with Crippen molar-refractivity contribution in [1.29, 1.82) is 0 Å². The predicted molar refractivity (Wildman–Crippen MR) is 145 cm³/mol. The summed E-state index contributed by atoms with van der Waals surface area (Å²) in [4.78, 5) is 13.8. The summed E-state index contributed by atoms with van der Waals surface area (Å²) in [7, 11) is 1.32. The Balaban J connectivity index is 1.62. The van der Waals surface area contributed by atoms with Gasteiger partial charge in [-0.05, 0) is 25.1 Å². The number of fused-ring (bicyclic) bond motifs is 1. The summed E-state index contributed by atoms with van der Waals surface area (Å²) >= 11 is 0. The maximum atomic E-state index is 13.8. The molecule has 240 valence electrons. The van der Waals surface area contributed by atoms with Gasteiger partial charge in [0.2, 0.25) is 23.8 Å². The van der Waals surface area contributed by atoms with Crippen molar-refractivity contribution in [2.75, 3.05) is 13.7 Å². The minimum atomic E-state index is -1.91. The molecule has 16 heteroatoms. The zero-order chi connectivity index (χ0) is 32.0. The molecule has 0 unspecified atom stereocenters. The summed E-state index contributed by atoms with van der Waals surface area (Å²) in [5.41, 5.74) is -1.14. The maximum Gasteiger partial charge on any atom is 0.239 e. The van der Waals surface area contributed by atoms with Gasteiger partial charge in [0.15, 0.2) is 17.3 Å². The number of phenolic OH excluding ortho intramolecular Hbond substituents is 2. The molecule has 0 spiro atoms. The van der Waals surface area contributed by atoms with Crippen molar-refractivity contribution >= 4 is 11.0 Å². The first kappa shape index (κ1) is 31.7. The minimum Gasteiger partial charge on any atom is -0.507 e. The third kappa shape index (κ3) is 5.63. The van der Waals surface area contributed by atoms with Crippen LogP contribution in [0.3, 0.4) is 0 Å². The molecule has 2 saturated heterocycles. The molecule has 2 fully saturated rings. The molecule has 3 aromatic rings. The fourth-order valence-corrected chi connectivity index (χ4v) is 4.94. The van der Waals surface area contributed by atoms with Crippen LogP contribution < -0.4 is 19.6 Å². The van der Waals surface area contributed by atoms with E-state index < -0.39 is 90.7 Å². The van der Waals surface area contributed by atoms with Gasteiger partial charge in [-0.25, -0.2) is 0 Å². The van der Waals surface area contributed by atoms with Crippen molar-refractivity contribution in [3.63, 3.8) is 0 Å². The highest BCUT2D eigenvalue weighted by atomic mass is 16.7. The average Bonchev–Trinajstić information content (AvgIpc) is 3.00. The molecule has 0 amide bonds. The lowest BCUT2D eigenvalue weighted by Crippen LogP contribution is -2.60. The van der Waals surface area contributed by atoms with Gasteiger partial charge in [-0.1, -0.05) is 0 Å². The van der Waals surface area contributed by atoms with Gasteiger partial charge in [0.25, 0.3) is 0 Å². The maximum absolute atomic E-state index is 13.8. The number of hydrogen-bond donors (Lipinski definition) is 9. The van der Waals surface area contributed by atoms with Crippen molar-refractivity contribution in [3.05, 3.63) is 40.6 Å². The molecular weight excluding hydrogens is 592 g/mol. The molecule has 44 heavy (non-hydrogen) atoms. The van der Waals surface area contributed by atoms with E-state index in [4.69, 9.17) is 28.1 Å². The van der Waals surface area contributed by atoms with E-state index in [0.717, 1.165) is 18.2 Å². The standard InChI is InChI=1S/C28H32O16/c1-9-18(32)21(35)23(37)27(40-9)42-14-5-10(3-4-12(14)30)25-26(44-28-24(38)22(36)19(33)16(8-29)43-28)20(34)17-13(31)6-11(39-2)7-15(17)41-25/h3-7,9,16,18-19,21-24,27-33,35-38H,8H2,1-2H3/t9-,16+,18-,19+,21-,22+,23+,24+,27-,28-/m0/s1. The Bertz CT molecular complexity index is 1550. The number of aliphatic hydroxyl groups excluding tert-OH is 7. The number of benzene rings is 2. The van der Waals surface area contributed by atoms with Crippen LogP contribution in [0.5, 0.6) is 28.7 Å². The van der Waals surface area contributed by atoms with Crippen LogP contribution in [0, 0.1) is 0 Å². The van der Waals surface area contributed by atoms with E-state index in [-0.39, 0.29) is 33.8 Å². The smallest absolute Gasteiger partial charge is 0.239 e. The fraction of sp³-hybridized carbons (Fsp3) is 0.464. The third-order valence-corrected chi connectivity index (χ3v) is 7.50. The van der Waals surface area contributed by atoms with Crippen LogP contribution in [-0.4, -0.2) is 121 Å². The highest BCUT2D eigenvalue weighted by Gasteiger charge is 2.46. The first-order valence-electron chi connectivity index (χ1n) is 13.4. The summed E-state index contributed by atoms with van der Waals surface area (Å²) < 4.78 is 33.3. The van der Waals surface area contributed by atoms with Crippen molar-refractivity contribution in [2.45, 2.75) is 68.3 Å². The van der Waals surface area contributed by atoms with E-state index in [2.05, 4.69) is 0 Å². The van der Waals surface area contributed by atoms with Crippen LogP contribution in [0.15, 0.2) is 39.5 Å². The van der Waals surface area contributed by atoms with Crippen LogP contribution in [0.4, 0.5) is 0 Å². The molecule has 5 rings (SSSR count). The largest absolute Gasteiger partial charge is 0.507 e. The second-order valence-corrected chi connectivity index (χ2v) is 10.4. The predicted octanol–water partition coefficient (Wildman–Crippen LogP) is -1.74. The van der Waals surface area contributed by atoms with E-state index in [1.165, 1.54) is 26.2 Å². The molecule has 0 bridgehead atoms. The van der Waals surface area contributed by atoms with E-state index >= 15 is 0 Å². The number of rotatable bonds is 7. The van der Waals surface area contributed by atoms with E-state index in [1.54, 1.807) is 0 Å². The second-order valence-electron chi connectivity index (χ2n) is 10.4. The van der Waals surface area contributed by atoms with Gasteiger partial charge < -0.3 is 74.1 Å². The molecule has 16 nitrogen and oxygen atoms in total. The number of methoxy groups -OCH3 is 1. The van der Waals surface area contributed by atoms with Crippen molar-refractivity contribution in [1.82, 2.24) is 0 Å². The molecular formula is C28H32O16. The molecule has 2 aliphatic rings.